The van der Waals surface area contributed by atoms with Gasteiger partial charge in [0.1, 0.15) is 5.75 Å². The van der Waals surface area contributed by atoms with Crippen molar-refractivity contribution in [3.05, 3.63) is 58.1 Å². The maximum atomic E-state index is 13.5. The van der Waals surface area contributed by atoms with Crippen molar-refractivity contribution in [1.82, 2.24) is 20.6 Å². The molecule has 0 aliphatic carbocycles. The highest BCUT2D eigenvalue weighted by atomic mass is 35.5. The van der Waals surface area contributed by atoms with Crippen molar-refractivity contribution in [3.63, 3.8) is 0 Å². The Balaban J connectivity index is 1.58. The van der Waals surface area contributed by atoms with Crippen LogP contribution in [0.25, 0.3) is 22.6 Å². The number of hydrogen-bond acceptors (Lipinski definition) is 5. The van der Waals surface area contributed by atoms with Gasteiger partial charge in [-0.25, -0.2) is 0 Å². The average Bonchev–Trinajstić information content (AvgIpc) is 3.37. The minimum atomic E-state index is -4.50. The predicted molar refractivity (Wildman–Crippen MR) is 109 cm³/mol. The van der Waals surface area contributed by atoms with E-state index < -0.39 is 11.7 Å². The van der Waals surface area contributed by atoms with Crippen LogP contribution in [0.1, 0.15) is 30.5 Å². The maximum Gasteiger partial charge on any atom is 0.419 e. The van der Waals surface area contributed by atoms with Crippen molar-refractivity contribution < 1.29 is 22.3 Å². The SMILES string of the molecule is CC(C)Oc1ccc(CCc2ccc3cc(-c4nn[nH]n4)oc3c2Cl)cc1C(F)(F)F. The Morgan fingerprint density at radius 2 is 1.94 bits per heavy atom. The molecule has 0 radical (unpaired) electrons. The van der Waals surface area contributed by atoms with Gasteiger partial charge < -0.3 is 9.15 Å². The lowest BCUT2D eigenvalue weighted by Crippen LogP contribution is -2.13. The molecule has 0 fully saturated rings. The van der Waals surface area contributed by atoms with E-state index in [1.807, 2.05) is 12.1 Å². The van der Waals surface area contributed by atoms with Gasteiger partial charge in [-0.15, -0.1) is 10.2 Å². The molecule has 0 amide bonds. The summed E-state index contributed by atoms with van der Waals surface area (Å²) in [5.74, 6) is 0.547. The number of halogens is 4. The molecule has 4 rings (SSSR count). The Bertz CT molecular complexity index is 1200. The summed E-state index contributed by atoms with van der Waals surface area (Å²) in [4.78, 5) is 0. The molecule has 10 heteroatoms. The lowest BCUT2D eigenvalue weighted by molar-refractivity contribution is -0.139. The number of alkyl halides is 3. The van der Waals surface area contributed by atoms with E-state index in [-0.39, 0.29) is 11.9 Å². The van der Waals surface area contributed by atoms with Gasteiger partial charge >= 0.3 is 6.18 Å². The fourth-order valence-corrected chi connectivity index (χ4v) is 3.57. The Labute approximate surface area is 180 Å². The van der Waals surface area contributed by atoms with Gasteiger partial charge in [-0.05, 0) is 61.2 Å². The Hall–Kier alpha value is -3.07. The highest BCUT2D eigenvalue weighted by molar-refractivity contribution is 6.35. The standard InChI is InChI=1S/C21H18ClF3N4O2/c1-11(2)30-16-8-4-12(9-15(16)21(23,24)25)3-5-13-6-7-14-10-17(20-26-28-29-27-20)31-19(14)18(13)22/h4,6-11H,3,5H2,1-2H3,(H,26,27,28,29). The van der Waals surface area contributed by atoms with E-state index in [2.05, 4.69) is 20.6 Å². The van der Waals surface area contributed by atoms with Crippen LogP contribution in [0.3, 0.4) is 0 Å². The third-order valence-electron chi connectivity index (χ3n) is 4.67. The lowest BCUT2D eigenvalue weighted by atomic mass is 10.0. The lowest BCUT2D eigenvalue weighted by Gasteiger charge is -2.17. The second-order valence-electron chi connectivity index (χ2n) is 7.30. The van der Waals surface area contributed by atoms with Gasteiger partial charge in [-0.1, -0.05) is 29.8 Å². The molecule has 0 atom stereocenters. The summed E-state index contributed by atoms with van der Waals surface area (Å²) in [7, 11) is 0. The molecule has 4 aromatic rings. The number of nitrogens with zero attached hydrogens (tertiary/aromatic N) is 3. The van der Waals surface area contributed by atoms with Crippen LogP contribution >= 0.6 is 11.6 Å². The normalized spacial score (nSPS) is 12.1. The van der Waals surface area contributed by atoms with Gasteiger partial charge in [0.2, 0.25) is 5.82 Å². The van der Waals surface area contributed by atoms with E-state index >= 15 is 0 Å². The molecule has 0 saturated carbocycles. The summed E-state index contributed by atoms with van der Waals surface area (Å²) in [5.41, 5.74) is 0.984. The fourth-order valence-electron chi connectivity index (χ4n) is 3.27. The number of rotatable bonds is 6. The van der Waals surface area contributed by atoms with Gasteiger partial charge in [-0.3, -0.25) is 0 Å². The number of hydrogen-bond donors (Lipinski definition) is 1. The second kappa shape index (κ2) is 8.22. The number of H-pyrrole nitrogens is 1. The highest BCUT2D eigenvalue weighted by Crippen LogP contribution is 2.38. The molecule has 2 aromatic carbocycles. The number of ether oxygens (including phenoxy) is 1. The van der Waals surface area contributed by atoms with E-state index in [9.17, 15) is 13.2 Å². The first-order chi connectivity index (χ1) is 14.7. The molecule has 2 heterocycles. The third-order valence-corrected chi connectivity index (χ3v) is 5.08. The summed E-state index contributed by atoms with van der Waals surface area (Å²) in [6, 6.07) is 9.56. The fraction of sp³-hybridized carbons (Fsp3) is 0.286. The van der Waals surface area contributed by atoms with Gasteiger partial charge in [0.15, 0.2) is 11.3 Å². The minimum absolute atomic E-state index is 0.171. The van der Waals surface area contributed by atoms with Crippen LogP contribution in [0.15, 0.2) is 40.8 Å². The second-order valence-corrected chi connectivity index (χ2v) is 7.68. The molecule has 6 nitrogen and oxygen atoms in total. The third kappa shape index (κ3) is 4.51. The van der Waals surface area contributed by atoms with Gasteiger partial charge in [-0.2, -0.15) is 18.4 Å². The van der Waals surface area contributed by atoms with E-state index in [0.29, 0.717) is 40.6 Å². The van der Waals surface area contributed by atoms with Crippen molar-refractivity contribution in [1.29, 1.82) is 0 Å². The van der Waals surface area contributed by atoms with Crippen LogP contribution in [0, 0.1) is 0 Å². The molecule has 0 saturated heterocycles. The number of aromatic amines is 1. The summed E-state index contributed by atoms with van der Waals surface area (Å²) < 4.78 is 51.5. The predicted octanol–water partition coefficient (Wildman–Crippen LogP) is 5.86. The number of nitrogens with one attached hydrogen (secondary N) is 1. The van der Waals surface area contributed by atoms with Crippen molar-refractivity contribution in [3.8, 4) is 17.3 Å². The first-order valence-corrected chi connectivity index (χ1v) is 9.91. The number of benzene rings is 2. The molecule has 0 aliphatic heterocycles. The van der Waals surface area contributed by atoms with Gasteiger partial charge in [0, 0.05) is 5.39 Å². The summed E-state index contributed by atoms with van der Waals surface area (Å²) in [6.07, 6.45) is -4.05. The van der Waals surface area contributed by atoms with Crippen molar-refractivity contribution in [2.75, 3.05) is 0 Å². The summed E-state index contributed by atoms with van der Waals surface area (Å²) >= 11 is 6.51. The molecule has 0 aliphatic rings. The number of aryl methyl sites for hydroxylation is 2. The molecule has 0 bridgehead atoms. The summed E-state index contributed by atoms with van der Waals surface area (Å²) in [6.45, 7) is 3.37. The topological polar surface area (TPSA) is 76.8 Å². The van der Waals surface area contributed by atoms with Crippen molar-refractivity contribution in [2.45, 2.75) is 39.0 Å². The molecular weight excluding hydrogens is 433 g/mol. The molecule has 0 spiro atoms. The van der Waals surface area contributed by atoms with Crippen LogP contribution in [-0.4, -0.2) is 26.7 Å². The number of tetrazole rings is 1. The number of fused-ring (bicyclic) bond motifs is 1. The zero-order chi connectivity index (χ0) is 22.2. The van der Waals surface area contributed by atoms with E-state index in [0.717, 1.165) is 17.0 Å². The first-order valence-electron chi connectivity index (χ1n) is 9.54. The van der Waals surface area contributed by atoms with Gasteiger partial charge in [0.25, 0.3) is 0 Å². The molecule has 0 unspecified atom stereocenters. The van der Waals surface area contributed by atoms with Gasteiger partial charge in [0.05, 0.1) is 16.7 Å². The molecule has 1 N–H and O–H groups in total. The number of furan rings is 1. The van der Waals surface area contributed by atoms with Crippen LogP contribution < -0.4 is 4.74 Å². The Morgan fingerprint density at radius 1 is 1.13 bits per heavy atom. The molecule has 162 valence electrons. The zero-order valence-electron chi connectivity index (χ0n) is 16.6. The quantitative estimate of drug-likeness (QED) is 0.398. The summed E-state index contributed by atoms with van der Waals surface area (Å²) in [5, 5.41) is 14.8. The smallest absolute Gasteiger partial charge is 0.419 e. The first kappa shape index (κ1) is 21.2. The molecule has 31 heavy (non-hydrogen) atoms. The monoisotopic (exact) mass is 450 g/mol. The van der Waals surface area contributed by atoms with Crippen LogP contribution in [0.2, 0.25) is 5.02 Å². The van der Waals surface area contributed by atoms with E-state index in [4.69, 9.17) is 20.8 Å². The van der Waals surface area contributed by atoms with E-state index in [1.165, 1.54) is 6.07 Å². The maximum absolute atomic E-state index is 13.5. The Kier molecular flexibility index (Phi) is 5.62. The Morgan fingerprint density at radius 3 is 2.61 bits per heavy atom. The highest BCUT2D eigenvalue weighted by Gasteiger charge is 2.35. The van der Waals surface area contributed by atoms with Crippen LogP contribution in [-0.2, 0) is 19.0 Å². The van der Waals surface area contributed by atoms with Crippen LogP contribution in [0.4, 0.5) is 13.2 Å². The molecular formula is C21H18ClF3N4O2. The largest absolute Gasteiger partial charge is 0.490 e. The van der Waals surface area contributed by atoms with Crippen molar-refractivity contribution >= 4 is 22.6 Å². The van der Waals surface area contributed by atoms with Crippen molar-refractivity contribution in [2.24, 2.45) is 0 Å². The molecule has 2 aromatic heterocycles. The number of aromatic nitrogens is 4. The van der Waals surface area contributed by atoms with Crippen LogP contribution in [0.5, 0.6) is 5.75 Å². The zero-order valence-corrected chi connectivity index (χ0v) is 17.4. The average molecular weight is 451 g/mol. The van der Waals surface area contributed by atoms with E-state index in [1.54, 1.807) is 26.0 Å². The minimum Gasteiger partial charge on any atom is -0.490 e.